The first kappa shape index (κ1) is 28.9. The normalized spacial score (nSPS) is 24.1. The van der Waals surface area contributed by atoms with Crippen molar-refractivity contribution < 1.29 is 28.5 Å². The van der Waals surface area contributed by atoms with Gasteiger partial charge in [0.2, 0.25) is 17.7 Å². The third kappa shape index (κ3) is 7.92. The Bertz CT molecular complexity index is 951. The number of nitrogens with zero attached hydrogens (tertiary/aromatic N) is 3. The lowest BCUT2D eigenvalue weighted by Gasteiger charge is -2.38. The number of carbonyl (C=O) groups is 3. The van der Waals surface area contributed by atoms with Crippen LogP contribution in [0, 0.1) is 5.92 Å². The van der Waals surface area contributed by atoms with Crippen LogP contribution >= 0.6 is 0 Å². The molecule has 3 N–H and O–H groups in total. The zero-order valence-electron chi connectivity index (χ0n) is 23.5. The van der Waals surface area contributed by atoms with Crippen molar-refractivity contribution in [1.82, 2.24) is 15.5 Å². The quantitative estimate of drug-likeness (QED) is 0.290. The Kier molecular flexibility index (Phi) is 9.23. The van der Waals surface area contributed by atoms with Gasteiger partial charge in [-0.15, -0.1) is 0 Å². The summed E-state index contributed by atoms with van der Waals surface area (Å²) in [5.74, 6) is -0.837. The van der Waals surface area contributed by atoms with E-state index in [0.29, 0.717) is 19.4 Å². The summed E-state index contributed by atoms with van der Waals surface area (Å²) >= 11 is 0. The summed E-state index contributed by atoms with van der Waals surface area (Å²) in [6.45, 7) is 2.59. The highest BCUT2D eigenvalue weighted by Gasteiger charge is 2.54. The highest BCUT2D eigenvalue weighted by Crippen LogP contribution is 2.43. The molecule has 2 heterocycles. The standard InChI is InChI=1S/C28H45N5O4/c1-32(2,3)17-9-7-11-23-28(37)31-24(27(36)30-23)19-22(25(31)20-12-14-21(34)15-13-20)26(35)29-16-8-10-18-33(4,5)6/h12-15,22-25H,7-11,16-19H2,1-6H3,(H-2,29,30,34,35,36)/p+2/t22-,23-,24-,25-/m0/s1. The molecular formula is C28H47N5O4+2. The van der Waals surface area contributed by atoms with Crippen molar-refractivity contribution in [3.8, 4) is 5.75 Å². The molecule has 0 bridgehead atoms. The van der Waals surface area contributed by atoms with Crippen molar-refractivity contribution in [3.63, 3.8) is 0 Å². The molecule has 0 unspecified atom stereocenters. The molecule has 2 aliphatic heterocycles. The van der Waals surface area contributed by atoms with E-state index in [9.17, 15) is 19.5 Å². The largest absolute Gasteiger partial charge is 0.508 e. The molecule has 37 heavy (non-hydrogen) atoms. The summed E-state index contributed by atoms with van der Waals surface area (Å²) in [5.41, 5.74) is 0.761. The first-order valence-corrected chi connectivity index (χ1v) is 13.6. The van der Waals surface area contributed by atoms with Crippen LogP contribution in [-0.4, -0.2) is 111 Å². The predicted molar refractivity (Wildman–Crippen MR) is 143 cm³/mol. The maximum Gasteiger partial charge on any atom is 0.246 e. The Morgan fingerprint density at radius 3 is 2.16 bits per heavy atom. The summed E-state index contributed by atoms with van der Waals surface area (Å²) < 4.78 is 1.73. The maximum absolute atomic E-state index is 13.7. The fourth-order valence-electron chi connectivity index (χ4n) is 5.40. The zero-order valence-corrected chi connectivity index (χ0v) is 23.5. The van der Waals surface area contributed by atoms with E-state index in [1.165, 1.54) is 0 Å². The molecule has 2 fully saturated rings. The average Bonchev–Trinajstić information content (AvgIpc) is 3.20. The average molecular weight is 518 g/mol. The van der Waals surface area contributed by atoms with Crippen LogP contribution in [0.1, 0.15) is 50.1 Å². The van der Waals surface area contributed by atoms with Gasteiger partial charge in [-0.2, -0.15) is 0 Å². The second-order valence-electron chi connectivity index (χ2n) is 12.7. The minimum atomic E-state index is -0.664. The molecule has 2 aliphatic rings. The van der Waals surface area contributed by atoms with Crippen molar-refractivity contribution in [1.29, 1.82) is 0 Å². The van der Waals surface area contributed by atoms with Crippen LogP contribution in [0.5, 0.6) is 5.75 Å². The van der Waals surface area contributed by atoms with Gasteiger partial charge in [0.1, 0.15) is 17.8 Å². The number of fused-ring (bicyclic) bond motifs is 1. The van der Waals surface area contributed by atoms with Gasteiger partial charge in [0.15, 0.2) is 0 Å². The van der Waals surface area contributed by atoms with Crippen LogP contribution in [0.3, 0.4) is 0 Å². The van der Waals surface area contributed by atoms with Gasteiger partial charge in [-0.1, -0.05) is 12.1 Å². The summed E-state index contributed by atoms with van der Waals surface area (Å²) in [6, 6.07) is 4.86. The van der Waals surface area contributed by atoms with E-state index < -0.39 is 24.0 Å². The van der Waals surface area contributed by atoms with Gasteiger partial charge >= 0.3 is 0 Å². The van der Waals surface area contributed by atoms with Gasteiger partial charge in [0.25, 0.3) is 0 Å². The SMILES string of the molecule is C[N+](C)(C)CCCCNC(=O)[C@H]1C[C@H]2C(=O)N[C@@H](CCCC[N+](C)(C)C)C(=O)N2[C@H]1c1ccc(O)cc1. The number of aromatic hydroxyl groups is 1. The van der Waals surface area contributed by atoms with E-state index in [1.807, 2.05) is 0 Å². The molecule has 1 aromatic rings. The van der Waals surface area contributed by atoms with Crippen LogP contribution in [0.2, 0.25) is 0 Å². The number of amides is 3. The number of phenolic OH excluding ortho intramolecular Hbond substituents is 1. The van der Waals surface area contributed by atoms with Gasteiger partial charge in [-0.3, -0.25) is 14.4 Å². The van der Waals surface area contributed by atoms with Crippen LogP contribution in [-0.2, 0) is 14.4 Å². The van der Waals surface area contributed by atoms with Crippen molar-refractivity contribution in [2.75, 3.05) is 61.9 Å². The van der Waals surface area contributed by atoms with Crippen molar-refractivity contribution in [2.24, 2.45) is 5.92 Å². The van der Waals surface area contributed by atoms with Gasteiger partial charge in [-0.25, -0.2) is 0 Å². The molecule has 4 atom stereocenters. The van der Waals surface area contributed by atoms with Crippen LogP contribution in [0.4, 0.5) is 0 Å². The molecule has 3 amide bonds. The van der Waals surface area contributed by atoms with E-state index in [4.69, 9.17) is 0 Å². The number of unbranched alkanes of at least 4 members (excludes halogenated alkanes) is 2. The zero-order chi connectivity index (χ0) is 27.4. The topological polar surface area (TPSA) is 98.7 Å². The number of nitrogens with one attached hydrogen (secondary N) is 2. The number of phenols is 1. The number of piperazine rings is 1. The number of quaternary nitrogens is 2. The molecule has 0 aliphatic carbocycles. The fourth-order valence-corrected chi connectivity index (χ4v) is 5.40. The highest BCUT2D eigenvalue weighted by atomic mass is 16.3. The third-order valence-electron chi connectivity index (χ3n) is 7.36. The predicted octanol–water partition coefficient (Wildman–Crippen LogP) is 1.63. The lowest BCUT2D eigenvalue weighted by atomic mass is 9.92. The smallest absolute Gasteiger partial charge is 0.246 e. The van der Waals surface area contributed by atoms with Crippen molar-refractivity contribution >= 4 is 17.7 Å². The minimum absolute atomic E-state index is 0.119. The molecular weight excluding hydrogens is 470 g/mol. The Morgan fingerprint density at radius 2 is 1.57 bits per heavy atom. The molecule has 0 spiro atoms. The number of rotatable bonds is 12. The molecule has 9 nitrogen and oxygen atoms in total. The number of carbonyl (C=O) groups excluding carboxylic acids is 3. The lowest BCUT2D eigenvalue weighted by molar-refractivity contribution is -0.870. The van der Waals surface area contributed by atoms with E-state index in [1.54, 1.807) is 29.2 Å². The fraction of sp³-hybridized carbons (Fsp3) is 0.679. The summed E-state index contributed by atoms with van der Waals surface area (Å²) in [7, 11) is 12.9. The summed E-state index contributed by atoms with van der Waals surface area (Å²) in [6.07, 6.45) is 4.56. The van der Waals surface area contributed by atoms with Gasteiger partial charge < -0.3 is 29.6 Å². The number of hydrogen-bond donors (Lipinski definition) is 3. The molecule has 9 heteroatoms. The van der Waals surface area contributed by atoms with Crippen LogP contribution < -0.4 is 10.6 Å². The number of benzene rings is 1. The van der Waals surface area contributed by atoms with E-state index in [2.05, 4.69) is 52.9 Å². The van der Waals surface area contributed by atoms with Crippen LogP contribution in [0.25, 0.3) is 0 Å². The van der Waals surface area contributed by atoms with Gasteiger partial charge in [0.05, 0.1) is 67.3 Å². The summed E-state index contributed by atoms with van der Waals surface area (Å²) in [5, 5.41) is 15.8. The van der Waals surface area contributed by atoms with E-state index in [-0.39, 0.29) is 23.5 Å². The first-order chi connectivity index (χ1) is 17.3. The van der Waals surface area contributed by atoms with Crippen molar-refractivity contribution in [2.45, 2.75) is 56.7 Å². The second kappa shape index (κ2) is 11.8. The highest BCUT2D eigenvalue weighted by molar-refractivity contribution is 5.99. The molecule has 0 radical (unpaired) electrons. The molecule has 0 saturated carbocycles. The van der Waals surface area contributed by atoms with Gasteiger partial charge in [-0.05, 0) is 56.2 Å². The van der Waals surface area contributed by atoms with Gasteiger partial charge in [0, 0.05) is 6.54 Å². The third-order valence-corrected chi connectivity index (χ3v) is 7.36. The Balaban J connectivity index is 1.73. The molecule has 0 aromatic heterocycles. The van der Waals surface area contributed by atoms with Crippen molar-refractivity contribution in [3.05, 3.63) is 29.8 Å². The molecule has 206 valence electrons. The Morgan fingerprint density at radius 1 is 0.973 bits per heavy atom. The van der Waals surface area contributed by atoms with Crippen LogP contribution in [0.15, 0.2) is 24.3 Å². The summed E-state index contributed by atoms with van der Waals surface area (Å²) in [4.78, 5) is 41.8. The molecule has 2 saturated heterocycles. The number of hydrogen-bond acceptors (Lipinski definition) is 4. The first-order valence-electron chi connectivity index (χ1n) is 13.6. The minimum Gasteiger partial charge on any atom is -0.508 e. The lowest BCUT2D eigenvalue weighted by Crippen LogP contribution is -2.61. The maximum atomic E-state index is 13.7. The second-order valence-corrected chi connectivity index (χ2v) is 12.7. The molecule has 3 rings (SSSR count). The molecule has 1 aromatic carbocycles. The van der Waals surface area contributed by atoms with E-state index >= 15 is 0 Å². The Hall–Kier alpha value is -2.65. The van der Waals surface area contributed by atoms with E-state index in [0.717, 1.165) is 53.3 Å². The monoisotopic (exact) mass is 517 g/mol. The Labute approximate surface area is 222 Å².